The molecule has 1 aliphatic carbocycles. The lowest BCUT2D eigenvalue weighted by atomic mass is 10.1. The van der Waals surface area contributed by atoms with Crippen molar-refractivity contribution in [3.05, 3.63) is 0 Å². The number of guanidine groups is 1. The molecule has 2 rings (SSSR count). The van der Waals surface area contributed by atoms with Crippen LogP contribution in [0, 0.1) is 17.3 Å². The summed E-state index contributed by atoms with van der Waals surface area (Å²) in [4.78, 5) is 6.92. The third-order valence-corrected chi connectivity index (χ3v) is 5.15. The van der Waals surface area contributed by atoms with Crippen molar-refractivity contribution in [2.75, 3.05) is 26.7 Å². The number of nitrogens with one attached hydrogen (secondary N) is 2. The van der Waals surface area contributed by atoms with Gasteiger partial charge in [0.25, 0.3) is 0 Å². The van der Waals surface area contributed by atoms with E-state index in [1.54, 1.807) is 0 Å². The van der Waals surface area contributed by atoms with Gasteiger partial charge < -0.3 is 10.6 Å². The van der Waals surface area contributed by atoms with Crippen LogP contribution < -0.4 is 10.6 Å². The first kappa shape index (κ1) is 15.6. The molecule has 0 aromatic rings. The maximum absolute atomic E-state index is 4.38. The molecule has 0 radical (unpaired) electrons. The molecular formula is C16H32N4. The average Bonchev–Trinajstić information content (AvgIpc) is 2.80. The zero-order chi connectivity index (χ0) is 14.9. The maximum atomic E-state index is 4.38. The molecule has 0 aromatic heterocycles. The standard InChI is InChI=1S/C16H32N4/c1-11(2)20-9-12(3)14(10-20)19-15(17-6)18-8-13-7-16(13,4)5/h11-14H,7-10H2,1-6H3,(H2,17,18,19). The average molecular weight is 280 g/mol. The van der Waals surface area contributed by atoms with Gasteiger partial charge in [0.15, 0.2) is 5.96 Å². The van der Waals surface area contributed by atoms with E-state index in [0.29, 0.717) is 23.4 Å². The lowest BCUT2D eigenvalue weighted by Crippen LogP contribution is -2.47. The number of nitrogens with zero attached hydrogens (tertiary/aromatic N) is 2. The molecule has 3 unspecified atom stereocenters. The molecule has 20 heavy (non-hydrogen) atoms. The van der Waals surface area contributed by atoms with Crippen LogP contribution in [0.25, 0.3) is 0 Å². The lowest BCUT2D eigenvalue weighted by Gasteiger charge is -2.22. The van der Waals surface area contributed by atoms with E-state index in [1.807, 2.05) is 7.05 Å². The first-order valence-electron chi connectivity index (χ1n) is 8.04. The van der Waals surface area contributed by atoms with Crippen LogP contribution in [0.15, 0.2) is 4.99 Å². The summed E-state index contributed by atoms with van der Waals surface area (Å²) in [5.41, 5.74) is 0.529. The van der Waals surface area contributed by atoms with E-state index in [9.17, 15) is 0 Å². The largest absolute Gasteiger partial charge is 0.356 e. The Bertz CT molecular complexity index is 361. The molecule has 2 aliphatic rings. The highest BCUT2D eigenvalue weighted by Gasteiger charge is 2.45. The molecule has 1 heterocycles. The predicted octanol–water partition coefficient (Wildman–Crippen LogP) is 1.93. The third kappa shape index (κ3) is 3.66. The molecule has 116 valence electrons. The lowest BCUT2D eigenvalue weighted by molar-refractivity contribution is 0.265. The van der Waals surface area contributed by atoms with Crippen molar-refractivity contribution in [3.8, 4) is 0 Å². The van der Waals surface area contributed by atoms with Crippen molar-refractivity contribution in [1.29, 1.82) is 0 Å². The molecule has 4 heteroatoms. The smallest absolute Gasteiger partial charge is 0.191 e. The van der Waals surface area contributed by atoms with Gasteiger partial charge in [0.2, 0.25) is 0 Å². The highest BCUT2D eigenvalue weighted by atomic mass is 15.3. The number of likely N-dealkylation sites (tertiary alicyclic amines) is 1. The first-order chi connectivity index (χ1) is 9.33. The van der Waals surface area contributed by atoms with Crippen molar-refractivity contribution in [3.63, 3.8) is 0 Å². The molecule has 1 saturated heterocycles. The van der Waals surface area contributed by atoms with E-state index in [-0.39, 0.29) is 0 Å². The van der Waals surface area contributed by atoms with Gasteiger partial charge in [-0.2, -0.15) is 0 Å². The summed E-state index contributed by atoms with van der Waals surface area (Å²) >= 11 is 0. The Morgan fingerprint density at radius 3 is 2.45 bits per heavy atom. The molecule has 2 fully saturated rings. The van der Waals surface area contributed by atoms with Crippen LogP contribution in [0.3, 0.4) is 0 Å². The first-order valence-corrected chi connectivity index (χ1v) is 8.04. The minimum absolute atomic E-state index is 0.510. The fourth-order valence-corrected chi connectivity index (χ4v) is 3.13. The molecule has 1 aliphatic heterocycles. The summed E-state index contributed by atoms with van der Waals surface area (Å²) in [5, 5.41) is 7.11. The molecule has 0 spiro atoms. The maximum Gasteiger partial charge on any atom is 0.191 e. The normalized spacial score (nSPS) is 33.5. The summed E-state index contributed by atoms with van der Waals surface area (Å²) < 4.78 is 0. The van der Waals surface area contributed by atoms with Crippen LogP contribution in [0.2, 0.25) is 0 Å². The van der Waals surface area contributed by atoms with Gasteiger partial charge in [-0.1, -0.05) is 20.8 Å². The number of aliphatic imine (C=N–C) groups is 1. The molecule has 0 amide bonds. The van der Waals surface area contributed by atoms with E-state index in [4.69, 9.17) is 0 Å². The van der Waals surface area contributed by atoms with Crippen LogP contribution >= 0.6 is 0 Å². The number of hydrogen-bond acceptors (Lipinski definition) is 2. The van der Waals surface area contributed by atoms with Gasteiger partial charge in [-0.3, -0.25) is 9.89 Å². The van der Waals surface area contributed by atoms with Crippen molar-refractivity contribution in [1.82, 2.24) is 15.5 Å². The van der Waals surface area contributed by atoms with E-state index in [0.717, 1.165) is 25.0 Å². The zero-order valence-corrected chi connectivity index (χ0v) is 14.0. The van der Waals surface area contributed by atoms with Gasteiger partial charge >= 0.3 is 0 Å². The molecule has 3 atom stereocenters. The van der Waals surface area contributed by atoms with Gasteiger partial charge in [-0.25, -0.2) is 0 Å². The summed E-state index contributed by atoms with van der Waals surface area (Å²) in [6.07, 6.45) is 1.33. The Labute approximate surface area is 124 Å². The van der Waals surface area contributed by atoms with Crippen LogP contribution in [-0.2, 0) is 0 Å². The number of hydrogen-bond donors (Lipinski definition) is 2. The highest BCUT2D eigenvalue weighted by molar-refractivity contribution is 5.80. The van der Waals surface area contributed by atoms with E-state index in [2.05, 4.69) is 55.1 Å². The molecule has 4 nitrogen and oxygen atoms in total. The highest BCUT2D eigenvalue weighted by Crippen LogP contribution is 2.50. The minimum atomic E-state index is 0.510. The quantitative estimate of drug-likeness (QED) is 0.610. The van der Waals surface area contributed by atoms with Crippen LogP contribution in [-0.4, -0.2) is 49.6 Å². The van der Waals surface area contributed by atoms with E-state index in [1.165, 1.54) is 13.0 Å². The SMILES string of the molecule is CN=C(NCC1CC1(C)C)NC1CN(C(C)C)CC1C. The van der Waals surface area contributed by atoms with Gasteiger partial charge in [0, 0.05) is 38.8 Å². The Hall–Kier alpha value is -0.770. The zero-order valence-electron chi connectivity index (χ0n) is 14.0. The second kappa shape index (κ2) is 5.92. The second-order valence-corrected chi connectivity index (χ2v) is 7.62. The third-order valence-electron chi connectivity index (χ3n) is 5.15. The predicted molar refractivity (Wildman–Crippen MR) is 86.0 cm³/mol. The van der Waals surface area contributed by atoms with E-state index < -0.39 is 0 Å². The molecule has 0 aromatic carbocycles. The van der Waals surface area contributed by atoms with Gasteiger partial charge in [-0.05, 0) is 37.5 Å². The van der Waals surface area contributed by atoms with Crippen molar-refractivity contribution in [2.24, 2.45) is 22.2 Å². The Morgan fingerprint density at radius 1 is 1.35 bits per heavy atom. The molecular weight excluding hydrogens is 248 g/mol. The van der Waals surface area contributed by atoms with Gasteiger partial charge in [-0.15, -0.1) is 0 Å². The van der Waals surface area contributed by atoms with Crippen LogP contribution in [0.5, 0.6) is 0 Å². The molecule has 0 bridgehead atoms. The van der Waals surface area contributed by atoms with Crippen molar-refractivity contribution >= 4 is 5.96 Å². The van der Waals surface area contributed by atoms with E-state index >= 15 is 0 Å². The summed E-state index contributed by atoms with van der Waals surface area (Å²) in [7, 11) is 1.87. The Balaban J connectivity index is 1.79. The second-order valence-electron chi connectivity index (χ2n) is 7.62. The topological polar surface area (TPSA) is 39.7 Å². The Kier molecular flexibility index (Phi) is 4.62. The van der Waals surface area contributed by atoms with Gasteiger partial charge in [0.1, 0.15) is 0 Å². The fraction of sp³-hybridized carbons (Fsp3) is 0.938. The monoisotopic (exact) mass is 280 g/mol. The number of rotatable bonds is 4. The fourth-order valence-electron chi connectivity index (χ4n) is 3.13. The van der Waals surface area contributed by atoms with Gasteiger partial charge in [0.05, 0.1) is 0 Å². The summed E-state index contributed by atoms with van der Waals surface area (Å²) in [6, 6.07) is 1.14. The summed E-state index contributed by atoms with van der Waals surface area (Å²) in [6.45, 7) is 14.9. The Morgan fingerprint density at radius 2 is 2.00 bits per heavy atom. The molecule has 1 saturated carbocycles. The van der Waals surface area contributed by atoms with Crippen LogP contribution in [0.1, 0.15) is 41.0 Å². The van der Waals surface area contributed by atoms with Crippen LogP contribution in [0.4, 0.5) is 0 Å². The molecule has 2 N–H and O–H groups in total. The minimum Gasteiger partial charge on any atom is -0.356 e. The van der Waals surface area contributed by atoms with Crippen molar-refractivity contribution < 1.29 is 0 Å². The summed E-state index contributed by atoms with van der Waals surface area (Å²) in [5.74, 6) is 2.44. The van der Waals surface area contributed by atoms with Crippen molar-refractivity contribution in [2.45, 2.75) is 53.1 Å².